The summed E-state index contributed by atoms with van der Waals surface area (Å²) in [6.45, 7) is 11.0. The molecule has 7 heteroatoms. The van der Waals surface area contributed by atoms with Crippen LogP contribution in [0.4, 0.5) is 0 Å². The van der Waals surface area contributed by atoms with Crippen LogP contribution in [-0.2, 0) is 4.79 Å². The van der Waals surface area contributed by atoms with Gasteiger partial charge in [-0.2, -0.15) is 0 Å². The maximum absolute atomic E-state index is 11.0. The van der Waals surface area contributed by atoms with Crippen LogP contribution in [0.15, 0.2) is 22.5 Å². The third-order valence-electron chi connectivity index (χ3n) is 4.69. The maximum Gasteiger partial charge on any atom is 0.216 e. The zero-order valence-electron chi connectivity index (χ0n) is 16.3. The van der Waals surface area contributed by atoms with Gasteiger partial charge < -0.3 is 16.0 Å². The molecule has 1 atom stereocenters. The van der Waals surface area contributed by atoms with Gasteiger partial charge in [0.1, 0.15) is 0 Å². The quantitative estimate of drug-likeness (QED) is 0.368. The van der Waals surface area contributed by atoms with Crippen LogP contribution in [-0.4, -0.2) is 56.0 Å². The Labute approximate surface area is 161 Å². The topological polar surface area (TPSA) is 68.8 Å². The predicted octanol–water partition coefficient (Wildman–Crippen LogP) is 2.21. The van der Waals surface area contributed by atoms with Crippen molar-refractivity contribution >= 4 is 23.2 Å². The standard InChI is InChI=1S/C19H33N5OS/c1-4-20-19(22-10-9-21-16(3)25)23-14-17(18-6-5-13-26-18)24-11-7-15(2)8-12-24/h5-6,13,15,17H,4,7-12,14H2,1-3H3,(H,21,25)(H2,20,22,23). The number of hydrogen-bond acceptors (Lipinski definition) is 4. The molecular formula is C19H33N5OS. The molecule has 1 aromatic rings. The lowest BCUT2D eigenvalue weighted by Crippen LogP contribution is -2.42. The van der Waals surface area contributed by atoms with Gasteiger partial charge in [0.15, 0.2) is 5.96 Å². The normalized spacial score (nSPS) is 17.7. The van der Waals surface area contributed by atoms with Crippen LogP contribution in [0.3, 0.4) is 0 Å². The summed E-state index contributed by atoms with van der Waals surface area (Å²) in [5.74, 6) is 1.63. The van der Waals surface area contributed by atoms with Crippen LogP contribution < -0.4 is 16.0 Å². The van der Waals surface area contributed by atoms with Crippen LogP contribution in [0, 0.1) is 5.92 Å². The van der Waals surface area contributed by atoms with E-state index in [-0.39, 0.29) is 5.91 Å². The number of carbonyl (C=O) groups is 1. The van der Waals surface area contributed by atoms with E-state index in [2.05, 4.69) is 52.2 Å². The minimum atomic E-state index is -0.00849. The average molecular weight is 380 g/mol. The fraction of sp³-hybridized carbons (Fsp3) is 0.684. The van der Waals surface area contributed by atoms with Crippen molar-refractivity contribution in [2.45, 2.75) is 39.7 Å². The van der Waals surface area contributed by atoms with Crippen LogP contribution in [0.5, 0.6) is 0 Å². The van der Waals surface area contributed by atoms with Crippen LogP contribution in [0.25, 0.3) is 0 Å². The molecule has 1 aliphatic heterocycles. The Morgan fingerprint density at radius 1 is 1.31 bits per heavy atom. The molecule has 2 rings (SSSR count). The molecular weight excluding hydrogens is 346 g/mol. The van der Waals surface area contributed by atoms with E-state index < -0.39 is 0 Å². The molecule has 1 aromatic heterocycles. The number of aliphatic imine (C=N–C) groups is 1. The largest absolute Gasteiger partial charge is 0.357 e. The minimum Gasteiger partial charge on any atom is -0.357 e. The number of nitrogens with zero attached hydrogens (tertiary/aromatic N) is 2. The number of likely N-dealkylation sites (tertiary alicyclic amines) is 1. The molecule has 0 aromatic carbocycles. The molecule has 1 amide bonds. The first-order chi connectivity index (χ1) is 12.6. The third kappa shape index (κ3) is 6.96. The predicted molar refractivity (Wildman–Crippen MR) is 110 cm³/mol. The first kappa shape index (κ1) is 20.7. The zero-order valence-corrected chi connectivity index (χ0v) is 17.1. The van der Waals surface area contributed by atoms with Crippen molar-refractivity contribution < 1.29 is 4.79 Å². The molecule has 0 radical (unpaired) electrons. The van der Waals surface area contributed by atoms with Crippen LogP contribution in [0.1, 0.15) is 44.5 Å². The Morgan fingerprint density at radius 2 is 2.04 bits per heavy atom. The van der Waals surface area contributed by atoms with Gasteiger partial charge in [-0.05, 0) is 50.2 Å². The van der Waals surface area contributed by atoms with Gasteiger partial charge in [-0.1, -0.05) is 13.0 Å². The number of rotatable bonds is 8. The van der Waals surface area contributed by atoms with Gasteiger partial charge in [0.05, 0.1) is 12.6 Å². The molecule has 1 fully saturated rings. The second kappa shape index (κ2) is 11.2. The Bertz CT molecular complexity index is 552. The Morgan fingerprint density at radius 3 is 2.65 bits per heavy atom. The van der Waals surface area contributed by atoms with E-state index in [1.54, 1.807) is 0 Å². The summed E-state index contributed by atoms with van der Waals surface area (Å²) < 4.78 is 0. The lowest BCUT2D eigenvalue weighted by atomic mass is 9.97. The summed E-state index contributed by atoms with van der Waals surface area (Å²) in [6, 6.07) is 4.69. The van der Waals surface area contributed by atoms with E-state index in [0.29, 0.717) is 19.1 Å². The first-order valence-electron chi connectivity index (χ1n) is 9.64. The van der Waals surface area contributed by atoms with Gasteiger partial charge in [0.2, 0.25) is 5.91 Å². The van der Waals surface area contributed by atoms with E-state index in [4.69, 9.17) is 4.99 Å². The highest BCUT2D eigenvalue weighted by Crippen LogP contribution is 2.29. The van der Waals surface area contributed by atoms with E-state index in [0.717, 1.165) is 38.1 Å². The summed E-state index contributed by atoms with van der Waals surface area (Å²) >= 11 is 1.82. The number of carbonyl (C=O) groups excluding carboxylic acids is 1. The van der Waals surface area contributed by atoms with Gasteiger partial charge in [-0.3, -0.25) is 14.7 Å². The van der Waals surface area contributed by atoms with Gasteiger partial charge in [0, 0.05) is 31.4 Å². The number of nitrogens with one attached hydrogen (secondary N) is 3. The second-order valence-electron chi connectivity index (χ2n) is 6.88. The smallest absolute Gasteiger partial charge is 0.216 e. The third-order valence-corrected chi connectivity index (χ3v) is 5.66. The van der Waals surface area contributed by atoms with E-state index in [1.807, 2.05) is 11.3 Å². The summed E-state index contributed by atoms with van der Waals surface area (Å²) in [5, 5.41) is 11.5. The molecule has 2 heterocycles. The molecule has 6 nitrogen and oxygen atoms in total. The molecule has 3 N–H and O–H groups in total. The van der Waals surface area contributed by atoms with Crippen LogP contribution in [0.2, 0.25) is 0 Å². The molecule has 146 valence electrons. The van der Waals surface area contributed by atoms with E-state index in [9.17, 15) is 4.79 Å². The summed E-state index contributed by atoms with van der Waals surface area (Å²) in [4.78, 5) is 19.8. The Hall–Kier alpha value is -1.60. The lowest BCUT2D eigenvalue weighted by Gasteiger charge is -2.35. The van der Waals surface area contributed by atoms with Crippen molar-refractivity contribution in [2.24, 2.45) is 10.9 Å². The van der Waals surface area contributed by atoms with Gasteiger partial charge in [-0.25, -0.2) is 0 Å². The number of piperidine rings is 1. The fourth-order valence-electron chi connectivity index (χ4n) is 3.15. The number of guanidine groups is 1. The fourth-order valence-corrected chi connectivity index (χ4v) is 4.00. The van der Waals surface area contributed by atoms with Gasteiger partial charge in [-0.15, -0.1) is 11.3 Å². The molecule has 0 aliphatic carbocycles. The highest BCUT2D eigenvalue weighted by Gasteiger charge is 2.25. The van der Waals surface area contributed by atoms with E-state index in [1.165, 1.54) is 24.6 Å². The zero-order chi connectivity index (χ0) is 18.8. The molecule has 1 saturated heterocycles. The Kier molecular flexibility index (Phi) is 8.91. The SMILES string of the molecule is CCNC(=NCC(c1cccs1)N1CCC(C)CC1)NCCNC(C)=O. The van der Waals surface area contributed by atoms with Crippen molar-refractivity contribution in [1.82, 2.24) is 20.9 Å². The van der Waals surface area contributed by atoms with Gasteiger partial charge in [0.25, 0.3) is 0 Å². The molecule has 1 unspecified atom stereocenters. The maximum atomic E-state index is 11.0. The second-order valence-corrected chi connectivity index (χ2v) is 7.86. The van der Waals surface area contributed by atoms with Crippen LogP contribution >= 0.6 is 11.3 Å². The summed E-state index contributed by atoms with van der Waals surface area (Å²) in [7, 11) is 0. The minimum absolute atomic E-state index is 0.00849. The first-order valence-corrected chi connectivity index (χ1v) is 10.5. The van der Waals surface area contributed by atoms with Crippen molar-refractivity contribution in [1.29, 1.82) is 0 Å². The monoisotopic (exact) mass is 379 g/mol. The average Bonchev–Trinajstić information content (AvgIpc) is 3.14. The molecule has 0 spiro atoms. The highest BCUT2D eigenvalue weighted by molar-refractivity contribution is 7.10. The number of amides is 1. The van der Waals surface area contributed by atoms with Crippen molar-refractivity contribution in [3.05, 3.63) is 22.4 Å². The molecule has 1 aliphatic rings. The van der Waals surface area contributed by atoms with Crippen molar-refractivity contribution in [2.75, 3.05) is 39.3 Å². The molecule has 26 heavy (non-hydrogen) atoms. The van der Waals surface area contributed by atoms with Gasteiger partial charge >= 0.3 is 0 Å². The molecule has 0 bridgehead atoms. The molecule has 0 saturated carbocycles. The lowest BCUT2D eigenvalue weighted by molar-refractivity contribution is -0.118. The summed E-state index contributed by atoms with van der Waals surface area (Å²) in [5.41, 5.74) is 0. The van der Waals surface area contributed by atoms with Crippen molar-refractivity contribution in [3.8, 4) is 0 Å². The highest BCUT2D eigenvalue weighted by atomic mass is 32.1. The number of thiophene rings is 1. The Balaban J connectivity index is 1.97. The van der Waals surface area contributed by atoms with E-state index >= 15 is 0 Å². The van der Waals surface area contributed by atoms with Crippen molar-refractivity contribution in [3.63, 3.8) is 0 Å². The number of hydrogen-bond donors (Lipinski definition) is 3. The summed E-state index contributed by atoms with van der Waals surface area (Å²) in [6.07, 6.45) is 2.53.